The Morgan fingerprint density at radius 1 is 1.24 bits per heavy atom. The number of hydrogen-bond donors (Lipinski definition) is 1. The van der Waals surface area contributed by atoms with Crippen LogP contribution in [0.2, 0.25) is 5.02 Å². The van der Waals surface area contributed by atoms with Crippen molar-refractivity contribution in [2.24, 2.45) is 0 Å². The summed E-state index contributed by atoms with van der Waals surface area (Å²) in [6.07, 6.45) is 1.56. The highest BCUT2D eigenvalue weighted by atomic mass is 79.9. The third kappa shape index (κ3) is 5.73. The van der Waals surface area contributed by atoms with Gasteiger partial charge in [0.25, 0.3) is 5.91 Å². The van der Waals surface area contributed by atoms with Crippen molar-refractivity contribution >= 4 is 61.7 Å². The summed E-state index contributed by atoms with van der Waals surface area (Å²) in [5, 5.41) is 7.40. The van der Waals surface area contributed by atoms with E-state index in [1.54, 1.807) is 38.2 Å². The molecule has 0 aliphatic heterocycles. The van der Waals surface area contributed by atoms with Gasteiger partial charge in [-0.1, -0.05) is 27.5 Å². The molecule has 0 fully saturated rings. The lowest BCUT2D eigenvalue weighted by Gasteiger charge is -2.08. The molecule has 1 amide bonds. The van der Waals surface area contributed by atoms with Crippen molar-refractivity contribution < 1.29 is 28.6 Å². The van der Waals surface area contributed by atoms with Crippen LogP contribution in [-0.4, -0.2) is 41.3 Å². The number of halogens is 2. The van der Waals surface area contributed by atoms with Crippen molar-refractivity contribution in [2.45, 2.75) is 20.6 Å². The molecule has 0 aliphatic rings. The number of carbonyl (C=O) groups excluding carboxylic acids is 3. The van der Waals surface area contributed by atoms with Gasteiger partial charge < -0.3 is 19.5 Å². The number of esters is 2. The number of methoxy groups -OCH3 is 1. The van der Waals surface area contributed by atoms with Crippen LogP contribution in [0.25, 0.3) is 0 Å². The fraction of sp³-hybridized carbons (Fsp3) is 0.238. The van der Waals surface area contributed by atoms with Crippen LogP contribution >= 0.6 is 38.9 Å². The third-order valence-corrected chi connectivity index (χ3v) is 6.32. The highest BCUT2D eigenvalue weighted by Gasteiger charge is 2.27. The summed E-state index contributed by atoms with van der Waals surface area (Å²) < 4.78 is 17.7. The van der Waals surface area contributed by atoms with Crippen molar-refractivity contribution in [3.63, 3.8) is 0 Å². The first-order chi connectivity index (χ1) is 15.7. The van der Waals surface area contributed by atoms with Gasteiger partial charge in [0.15, 0.2) is 12.4 Å². The van der Waals surface area contributed by atoms with E-state index < -0.39 is 17.8 Å². The zero-order valence-corrected chi connectivity index (χ0v) is 21.0. The second kappa shape index (κ2) is 10.8. The van der Waals surface area contributed by atoms with Gasteiger partial charge in [-0.25, -0.2) is 14.3 Å². The lowest BCUT2D eigenvalue weighted by Crippen LogP contribution is -2.16. The van der Waals surface area contributed by atoms with Gasteiger partial charge in [0.2, 0.25) is 0 Å². The molecule has 0 atom stereocenters. The van der Waals surface area contributed by atoms with Crippen molar-refractivity contribution in [3.8, 4) is 5.75 Å². The van der Waals surface area contributed by atoms with E-state index in [9.17, 15) is 14.4 Å². The van der Waals surface area contributed by atoms with Crippen LogP contribution in [-0.2, 0) is 16.2 Å². The van der Waals surface area contributed by atoms with Crippen molar-refractivity contribution in [2.75, 3.05) is 19.0 Å². The standard InChI is InChI=1S/C21H19BrClN3O6S/c1-4-31-21(29)17-11(2)16(20(28)30-3)19(33-17)24-18(27)14-7-8-26(25-14)10-32-15-6-5-12(22)9-13(15)23/h5-9H,4,10H2,1-3H3,(H,24,27). The molecule has 1 aromatic carbocycles. The maximum Gasteiger partial charge on any atom is 0.348 e. The van der Waals surface area contributed by atoms with Crippen LogP contribution in [0.4, 0.5) is 5.00 Å². The summed E-state index contributed by atoms with van der Waals surface area (Å²) >= 11 is 10.4. The van der Waals surface area contributed by atoms with Gasteiger partial charge in [-0.2, -0.15) is 5.10 Å². The molecule has 12 heteroatoms. The van der Waals surface area contributed by atoms with Crippen LogP contribution in [0, 0.1) is 6.92 Å². The normalized spacial score (nSPS) is 10.6. The molecule has 0 aliphatic carbocycles. The minimum atomic E-state index is -0.681. The second-order valence-electron chi connectivity index (χ2n) is 6.52. The molecular weight excluding hydrogens is 538 g/mol. The molecule has 9 nitrogen and oxygen atoms in total. The molecule has 0 unspecified atom stereocenters. The number of ether oxygens (including phenoxy) is 3. The third-order valence-electron chi connectivity index (χ3n) is 4.34. The van der Waals surface area contributed by atoms with Crippen LogP contribution < -0.4 is 10.1 Å². The van der Waals surface area contributed by atoms with Crippen molar-refractivity contribution in [3.05, 3.63) is 61.7 Å². The minimum absolute atomic E-state index is 0.0210. The quantitative estimate of drug-likeness (QED) is 0.392. The number of nitrogens with one attached hydrogen (secondary N) is 1. The Bertz CT molecular complexity index is 1210. The predicted molar refractivity (Wildman–Crippen MR) is 126 cm³/mol. The van der Waals surface area contributed by atoms with E-state index in [4.69, 9.17) is 25.8 Å². The number of amides is 1. The van der Waals surface area contributed by atoms with Crippen molar-refractivity contribution in [1.82, 2.24) is 9.78 Å². The first kappa shape index (κ1) is 24.7. The SMILES string of the molecule is CCOC(=O)c1sc(NC(=O)c2ccn(COc3ccc(Br)cc3Cl)n2)c(C(=O)OC)c1C. The molecule has 0 spiro atoms. The molecule has 2 heterocycles. The summed E-state index contributed by atoms with van der Waals surface area (Å²) in [5.74, 6) is -1.37. The maximum atomic E-state index is 12.8. The maximum absolute atomic E-state index is 12.8. The van der Waals surface area contributed by atoms with Gasteiger partial charge in [0.1, 0.15) is 15.6 Å². The van der Waals surface area contributed by atoms with E-state index >= 15 is 0 Å². The number of benzene rings is 1. The van der Waals surface area contributed by atoms with Gasteiger partial charge in [-0.05, 0) is 43.7 Å². The minimum Gasteiger partial charge on any atom is -0.470 e. The molecule has 0 radical (unpaired) electrons. The predicted octanol–water partition coefficient (Wildman–Crippen LogP) is 4.92. The number of thiophene rings is 1. The first-order valence-corrected chi connectivity index (χ1v) is 11.5. The Hall–Kier alpha value is -2.89. The van der Waals surface area contributed by atoms with Gasteiger partial charge in [-0.3, -0.25) is 4.79 Å². The molecule has 1 N–H and O–H groups in total. The molecule has 2 aromatic heterocycles. The van der Waals surface area contributed by atoms with Crippen molar-refractivity contribution in [1.29, 1.82) is 0 Å². The number of anilines is 1. The van der Waals surface area contributed by atoms with E-state index in [0.29, 0.717) is 16.3 Å². The molecule has 33 heavy (non-hydrogen) atoms. The van der Waals surface area contributed by atoms with Gasteiger partial charge in [-0.15, -0.1) is 11.3 Å². The lowest BCUT2D eigenvalue weighted by molar-refractivity contribution is 0.0531. The van der Waals surface area contributed by atoms with Crippen LogP contribution in [0.5, 0.6) is 5.75 Å². The summed E-state index contributed by atoms with van der Waals surface area (Å²) in [7, 11) is 1.22. The van der Waals surface area contributed by atoms with Gasteiger partial charge in [0.05, 0.1) is 24.3 Å². The van der Waals surface area contributed by atoms with Crippen LogP contribution in [0.15, 0.2) is 34.9 Å². The van der Waals surface area contributed by atoms with Crippen LogP contribution in [0.3, 0.4) is 0 Å². The number of hydrogen-bond acceptors (Lipinski definition) is 8. The molecule has 3 aromatic rings. The Morgan fingerprint density at radius 2 is 2.00 bits per heavy atom. The van der Waals surface area contributed by atoms with Gasteiger partial charge in [0, 0.05) is 10.7 Å². The first-order valence-electron chi connectivity index (χ1n) is 9.56. The summed E-state index contributed by atoms with van der Waals surface area (Å²) in [4.78, 5) is 37.4. The molecule has 0 bridgehead atoms. The zero-order chi connectivity index (χ0) is 24.1. The Kier molecular flexibility index (Phi) is 8.11. The Balaban J connectivity index is 1.76. The highest BCUT2D eigenvalue weighted by molar-refractivity contribution is 9.10. The molecule has 0 saturated carbocycles. The second-order valence-corrected chi connectivity index (χ2v) is 8.86. The topological polar surface area (TPSA) is 109 Å². The number of aromatic nitrogens is 2. The molecular formula is C21H19BrClN3O6S. The molecule has 0 saturated heterocycles. The van der Waals surface area contributed by atoms with E-state index in [1.807, 2.05) is 0 Å². The Morgan fingerprint density at radius 3 is 2.67 bits per heavy atom. The number of nitrogens with zero attached hydrogens (tertiary/aromatic N) is 2. The summed E-state index contributed by atoms with van der Waals surface area (Å²) in [6.45, 7) is 3.46. The highest BCUT2D eigenvalue weighted by Crippen LogP contribution is 2.34. The average Bonchev–Trinajstić information content (AvgIpc) is 3.37. The number of rotatable bonds is 8. The zero-order valence-electron chi connectivity index (χ0n) is 17.8. The number of carbonyl (C=O) groups is 3. The smallest absolute Gasteiger partial charge is 0.348 e. The lowest BCUT2D eigenvalue weighted by atomic mass is 10.1. The molecule has 3 rings (SSSR count). The monoisotopic (exact) mass is 555 g/mol. The van der Waals surface area contributed by atoms with Gasteiger partial charge >= 0.3 is 11.9 Å². The summed E-state index contributed by atoms with van der Waals surface area (Å²) in [5.41, 5.74) is 0.539. The fourth-order valence-corrected chi connectivity index (χ4v) is 4.60. The van der Waals surface area contributed by atoms with E-state index in [-0.39, 0.29) is 34.5 Å². The van der Waals surface area contributed by atoms with E-state index in [2.05, 4.69) is 26.3 Å². The van der Waals surface area contributed by atoms with E-state index in [1.165, 1.54) is 17.9 Å². The van der Waals surface area contributed by atoms with E-state index in [0.717, 1.165) is 15.8 Å². The Labute approximate surface area is 206 Å². The average molecular weight is 557 g/mol. The van der Waals surface area contributed by atoms with Crippen LogP contribution in [0.1, 0.15) is 43.0 Å². The molecule has 174 valence electrons. The fourth-order valence-electron chi connectivity index (χ4n) is 2.79. The largest absolute Gasteiger partial charge is 0.470 e. The summed E-state index contributed by atoms with van der Waals surface area (Å²) in [6, 6.07) is 6.69.